The summed E-state index contributed by atoms with van der Waals surface area (Å²) in [4.78, 5) is 11.8. The number of benzene rings is 1. The Balaban J connectivity index is 1.87. The molecule has 4 nitrogen and oxygen atoms in total. The maximum absolute atomic E-state index is 13.3. The number of aryl methyl sites for hydroxylation is 2. The number of nitrogens with zero attached hydrogens (tertiary/aromatic N) is 1. The van der Waals surface area contributed by atoms with Gasteiger partial charge in [-0.2, -0.15) is 0 Å². The third kappa shape index (κ3) is 3.93. The van der Waals surface area contributed by atoms with Crippen molar-refractivity contribution in [1.29, 1.82) is 0 Å². The minimum Gasteiger partial charge on any atom is -0.361 e. The van der Waals surface area contributed by atoms with Crippen LogP contribution in [0.1, 0.15) is 22.6 Å². The molecule has 1 N–H and O–H groups in total. The fraction of sp³-hybridized carbons (Fsp3) is 0.250. The van der Waals surface area contributed by atoms with Crippen LogP contribution in [0.5, 0.6) is 0 Å². The highest BCUT2D eigenvalue weighted by Crippen LogP contribution is 2.12. The van der Waals surface area contributed by atoms with Gasteiger partial charge >= 0.3 is 0 Å². The number of nitrogens with one attached hydrogen (secondary N) is 1. The molecule has 2 rings (SSSR count). The van der Waals surface area contributed by atoms with Crippen LogP contribution < -0.4 is 5.32 Å². The summed E-state index contributed by atoms with van der Waals surface area (Å²) in [6, 6.07) is 6.25. The molecule has 0 bridgehead atoms. The largest absolute Gasteiger partial charge is 0.361 e. The monoisotopic (exact) mass is 286 g/mol. The van der Waals surface area contributed by atoms with E-state index in [9.17, 15) is 9.18 Å². The van der Waals surface area contributed by atoms with E-state index in [1.807, 2.05) is 0 Å². The molecule has 0 aliphatic rings. The summed E-state index contributed by atoms with van der Waals surface area (Å²) >= 11 is 0. The fourth-order valence-electron chi connectivity index (χ4n) is 1.82. The van der Waals surface area contributed by atoms with Crippen LogP contribution in [0.25, 0.3) is 0 Å². The van der Waals surface area contributed by atoms with E-state index in [0.29, 0.717) is 17.0 Å². The highest BCUT2D eigenvalue weighted by atomic mass is 19.1. The molecule has 1 amide bonds. The molecule has 0 spiro atoms. The first kappa shape index (κ1) is 14.8. The van der Waals surface area contributed by atoms with Gasteiger partial charge in [0.25, 0.3) is 0 Å². The van der Waals surface area contributed by atoms with Gasteiger partial charge in [0.05, 0.1) is 24.2 Å². The first-order chi connectivity index (χ1) is 10.1. The zero-order chi connectivity index (χ0) is 15.2. The van der Waals surface area contributed by atoms with Crippen LogP contribution in [0.4, 0.5) is 4.39 Å². The number of hydrogen-bond donors (Lipinski definition) is 1. The predicted molar refractivity (Wildman–Crippen MR) is 76.0 cm³/mol. The topological polar surface area (TPSA) is 55.1 Å². The van der Waals surface area contributed by atoms with Crippen molar-refractivity contribution in [3.63, 3.8) is 0 Å². The van der Waals surface area contributed by atoms with E-state index in [-0.39, 0.29) is 24.7 Å². The molecule has 2 aromatic rings. The molecule has 0 unspecified atom stereocenters. The molecule has 0 radical (unpaired) electrons. The number of carbonyl (C=O) groups excluding carboxylic acids is 1. The summed E-state index contributed by atoms with van der Waals surface area (Å²) in [5, 5.41) is 6.45. The molecule has 0 aliphatic heterocycles. The molecule has 21 heavy (non-hydrogen) atoms. The van der Waals surface area contributed by atoms with E-state index in [1.165, 1.54) is 6.07 Å². The SMILES string of the molecule is Cc1noc(C)c1CC(=O)NCC#Cc1ccccc1F. The van der Waals surface area contributed by atoms with Gasteiger partial charge < -0.3 is 9.84 Å². The molecule has 1 aromatic carbocycles. The van der Waals surface area contributed by atoms with E-state index in [2.05, 4.69) is 22.3 Å². The van der Waals surface area contributed by atoms with Crippen LogP contribution in [0.15, 0.2) is 28.8 Å². The van der Waals surface area contributed by atoms with Gasteiger partial charge in [-0.1, -0.05) is 29.1 Å². The van der Waals surface area contributed by atoms with Crippen LogP contribution in [0, 0.1) is 31.5 Å². The number of hydrogen-bond acceptors (Lipinski definition) is 3. The minimum absolute atomic E-state index is 0.163. The molecule has 0 fully saturated rings. The second kappa shape index (κ2) is 6.71. The molecule has 0 saturated carbocycles. The van der Waals surface area contributed by atoms with Crippen LogP contribution in [0.3, 0.4) is 0 Å². The highest BCUT2D eigenvalue weighted by molar-refractivity contribution is 5.79. The summed E-state index contributed by atoms with van der Waals surface area (Å²) in [5.41, 5.74) is 1.81. The third-order valence-electron chi connectivity index (χ3n) is 2.99. The molecular formula is C16H15FN2O2. The quantitative estimate of drug-likeness (QED) is 0.880. The van der Waals surface area contributed by atoms with Crippen molar-refractivity contribution in [3.05, 3.63) is 52.7 Å². The minimum atomic E-state index is -0.368. The molecule has 108 valence electrons. The van der Waals surface area contributed by atoms with E-state index < -0.39 is 0 Å². The predicted octanol–water partition coefficient (Wildman–Crippen LogP) is 2.14. The average Bonchev–Trinajstić information content (AvgIpc) is 2.77. The molecule has 0 aliphatic carbocycles. The Bertz CT molecular complexity index is 691. The molecule has 1 aromatic heterocycles. The van der Waals surface area contributed by atoms with Gasteiger partial charge in [0, 0.05) is 5.56 Å². The molecule has 5 heteroatoms. The number of carbonyl (C=O) groups is 1. The lowest BCUT2D eigenvalue weighted by Crippen LogP contribution is -2.25. The summed E-state index contributed by atoms with van der Waals surface area (Å²) in [6.07, 6.45) is 0.197. The summed E-state index contributed by atoms with van der Waals surface area (Å²) < 4.78 is 18.3. The summed E-state index contributed by atoms with van der Waals surface area (Å²) in [6.45, 7) is 3.72. The smallest absolute Gasteiger partial charge is 0.225 e. The van der Waals surface area contributed by atoms with Crippen molar-refractivity contribution in [2.24, 2.45) is 0 Å². The highest BCUT2D eigenvalue weighted by Gasteiger charge is 2.12. The average molecular weight is 286 g/mol. The van der Waals surface area contributed by atoms with Crippen LogP contribution >= 0.6 is 0 Å². The van der Waals surface area contributed by atoms with Crippen molar-refractivity contribution in [2.45, 2.75) is 20.3 Å². The van der Waals surface area contributed by atoms with Gasteiger partial charge in [-0.25, -0.2) is 4.39 Å². The Morgan fingerprint density at radius 2 is 2.14 bits per heavy atom. The first-order valence-electron chi connectivity index (χ1n) is 6.49. The van der Waals surface area contributed by atoms with Crippen molar-refractivity contribution in [2.75, 3.05) is 6.54 Å². The third-order valence-corrected chi connectivity index (χ3v) is 2.99. The Labute approximate surface area is 122 Å². The van der Waals surface area contributed by atoms with Crippen molar-refractivity contribution in [3.8, 4) is 11.8 Å². The zero-order valence-corrected chi connectivity index (χ0v) is 11.9. The Hall–Kier alpha value is -2.61. The number of halogens is 1. The Morgan fingerprint density at radius 1 is 1.38 bits per heavy atom. The van der Waals surface area contributed by atoms with Crippen molar-refractivity contribution in [1.82, 2.24) is 10.5 Å². The van der Waals surface area contributed by atoms with Gasteiger partial charge in [-0.05, 0) is 26.0 Å². The molecule has 0 saturated heterocycles. The zero-order valence-electron chi connectivity index (χ0n) is 11.9. The Kier molecular flexibility index (Phi) is 4.72. The lowest BCUT2D eigenvalue weighted by Gasteiger charge is -2.00. The molecular weight excluding hydrogens is 271 g/mol. The van der Waals surface area contributed by atoms with E-state index in [1.54, 1.807) is 32.0 Å². The van der Waals surface area contributed by atoms with Gasteiger partial charge in [-0.15, -0.1) is 0 Å². The second-order valence-electron chi connectivity index (χ2n) is 4.54. The second-order valence-corrected chi connectivity index (χ2v) is 4.54. The summed E-state index contributed by atoms with van der Waals surface area (Å²) in [5.74, 6) is 5.50. The van der Waals surface area contributed by atoms with Crippen LogP contribution in [-0.4, -0.2) is 17.6 Å². The van der Waals surface area contributed by atoms with Gasteiger partial charge in [0.15, 0.2) is 0 Å². The number of amides is 1. The Morgan fingerprint density at radius 3 is 2.81 bits per heavy atom. The van der Waals surface area contributed by atoms with E-state index >= 15 is 0 Å². The molecule has 0 atom stereocenters. The van der Waals surface area contributed by atoms with E-state index in [4.69, 9.17) is 4.52 Å². The van der Waals surface area contributed by atoms with Gasteiger partial charge in [0.2, 0.25) is 5.91 Å². The molecule has 1 heterocycles. The van der Waals surface area contributed by atoms with Gasteiger partial charge in [-0.3, -0.25) is 4.79 Å². The van der Waals surface area contributed by atoms with Crippen LogP contribution in [0.2, 0.25) is 0 Å². The fourth-order valence-corrected chi connectivity index (χ4v) is 1.82. The standard InChI is InChI=1S/C16H15FN2O2/c1-11-14(12(2)21-19-11)10-16(20)18-9-5-7-13-6-3-4-8-15(13)17/h3-4,6,8H,9-10H2,1-2H3,(H,18,20). The van der Waals surface area contributed by atoms with Crippen LogP contribution in [-0.2, 0) is 11.2 Å². The number of aromatic nitrogens is 1. The van der Waals surface area contributed by atoms with Gasteiger partial charge in [0.1, 0.15) is 11.6 Å². The summed E-state index contributed by atoms with van der Waals surface area (Å²) in [7, 11) is 0. The van der Waals surface area contributed by atoms with Crippen molar-refractivity contribution < 1.29 is 13.7 Å². The maximum atomic E-state index is 13.3. The van der Waals surface area contributed by atoms with Crippen molar-refractivity contribution >= 4 is 5.91 Å². The maximum Gasteiger partial charge on any atom is 0.225 e. The van der Waals surface area contributed by atoms with E-state index in [0.717, 1.165) is 5.56 Å². The lowest BCUT2D eigenvalue weighted by molar-refractivity contribution is -0.120. The lowest BCUT2D eigenvalue weighted by atomic mass is 10.1. The first-order valence-corrected chi connectivity index (χ1v) is 6.49. The normalized spacial score (nSPS) is 9.86. The number of rotatable bonds is 3.